The highest BCUT2D eigenvalue weighted by Gasteiger charge is 2.18. The molecule has 15 heavy (non-hydrogen) atoms. The topological polar surface area (TPSA) is 63.6 Å². The predicted molar refractivity (Wildman–Crippen MR) is 54.1 cm³/mol. The second kappa shape index (κ2) is 4.91. The van der Waals surface area contributed by atoms with E-state index in [9.17, 15) is 9.59 Å². The second-order valence-electron chi connectivity index (χ2n) is 2.87. The van der Waals surface area contributed by atoms with Gasteiger partial charge in [0, 0.05) is 17.7 Å². The summed E-state index contributed by atoms with van der Waals surface area (Å²) in [4.78, 5) is 21.8. The Kier molecular flexibility index (Phi) is 3.82. The Bertz CT molecular complexity index is 400. The fourth-order valence-electron chi connectivity index (χ4n) is 1.16. The van der Waals surface area contributed by atoms with Crippen LogP contribution in [0.25, 0.3) is 0 Å². The summed E-state index contributed by atoms with van der Waals surface area (Å²) in [7, 11) is 1.46. The van der Waals surface area contributed by atoms with Crippen LogP contribution in [0.3, 0.4) is 0 Å². The molecule has 0 unspecified atom stereocenters. The number of ether oxygens (including phenoxy) is 1. The van der Waals surface area contributed by atoms with Gasteiger partial charge in [-0.2, -0.15) is 0 Å². The van der Waals surface area contributed by atoms with Gasteiger partial charge in [-0.15, -0.1) is 0 Å². The molecular formula is C10H9ClO4. The van der Waals surface area contributed by atoms with Crippen LogP contribution in [-0.4, -0.2) is 24.0 Å². The highest BCUT2D eigenvalue weighted by atomic mass is 35.5. The van der Waals surface area contributed by atoms with Crippen LogP contribution >= 0.6 is 11.6 Å². The molecule has 1 rings (SSSR count). The number of aliphatic carboxylic acids is 1. The largest absolute Gasteiger partial charge is 0.475 e. The minimum atomic E-state index is -1.50. The molecule has 0 fully saturated rings. The van der Waals surface area contributed by atoms with Crippen LogP contribution in [0.4, 0.5) is 0 Å². The summed E-state index contributed by atoms with van der Waals surface area (Å²) in [6.45, 7) is 0.172. The number of carboxylic acids is 1. The van der Waals surface area contributed by atoms with Crippen LogP contribution < -0.4 is 0 Å². The molecule has 1 aromatic carbocycles. The number of benzene rings is 1. The lowest BCUT2D eigenvalue weighted by Gasteiger charge is -2.05. The Morgan fingerprint density at radius 1 is 1.47 bits per heavy atom. The molecule has 4 nitrogen and oxygen atoms in total. The summed E-state index contributed by atoms with van der Waals surface area (Å²) in [5.74, 6) is -2.49. The van der Waals surface area contributed by atoms with Crippen molar-refractivity contribution in [1.29, 1.82) is 0 Å². The summed E-state index contributed by atoms with van der Waals surface area (Å²) in [6.07, 6.45) is 0. The van der Waals surface area contributed by atoms with Gasteiger partial charge >= 0.3 is 5.97 Å². The molecule has 80 valence electrons. The molecule has 5 heteroatoms. The van der Waals surface area contributed by atoms with E-state index in [4.69, 9.17) is 21.4 Å². The highest BCUT2D eigenvalue weighted by molar-refractivity contribution is 6.41. The van der Waals surface area contributed by atoms with Crippen molar-refractivity contribution < 1.29 is 19.4 Å². The molecule has 0 saturated carbocycles. The van der Waals surface area contributed by atoms with E-state index in [2.05, 4.69) is 0 Å². The van der Waals surface area contributed by atoms with Crippen LogP contribution in [0.15, 0.2) is 18.2 Å². The third-order valence-electron chi connectivity index (χ3n) is 1.81. The van der Waals surface area contributed by atoms with Crippen molar-refractivity contribution in [3.63, 3.8) is 0 Å². The number of rotatable bonds is 4. The number of halogens is 1. The summed E-state index contributed by atoms with van der Waals surface area (Å²) in [6, 6.07) is 4.48. The van der Waals surface area contributed by atoms with E-state index in [0.29, 0.717) is 10.6 Å². The van der Waals surface area contributed by atoms with Crippen LogP contribution in [0.1, 0.15) is 15.9 Å². The van der Waals surface area contributed by atoms with Gasteiger partial charge in [-0.1, -0.05) is 17.7 Å². The number of Topliss-reactive ketones (excluding diaryl/α,β-unsaturated/α-hetero) is 1. The smallest absolute Gasteiger partial charge is 0.377 e. The average molecular weight is 229 g/mol. The van der Waals surface area contributed by atoms with Gasteiger partial charge in [0.2, 0.25) is 0 Å². The lowest BCUT2D eigenvalue weighted by molar-refractivity contribution is -0.131. The quantitative estimate of drug-likeness (QED) is 0.630. The average Bonchev–Trinajstić information content (AvgIpc) is 2.20. The van der Waals surface area contributed by atoms with E-state index in [-0.39, 0.29) is 12.2 Å². The van der Waals surface area contributed by atoms with E-state index in [1.54, 1.807) is 12.1 Å². The molecule has 0 aliphatic heterocycles. The van der Waals surface area contributed by atoms with E-state index in [1.165, 1.54) is 13.2 Å². The minimum absolute atomic E-state index is 0.0665. The third kappa shape index (κ3) is 2.78. The van der Waals surface area contributed by atoms with Crippen LogP contribution in [0, 0.1) is 0 Å². The van der Waals surface area contributed by atoms with E-state index in [1.807, 2.05) is 0 Å². The normalized spacial score (nSPS) is 10.0. The van der Waals surface area contributed by atoms with Gasteiger partial charge in [0.1, 0.15) is 0 Å². The molecule has 0 aliphatic carbocycles. The maximum absolute atomic E-state index is 11.3. The number of methoxy groups -OCH3 is 1. The molecule has 0 heterocycles. The van der Waals surface area contributed by atoms with Gasteiger partial charge in [0.05, 0.1) is 6.61 Å². The molecule has 0 aliphatic rings. The highest BCUT2D eigenvalue weighted by Crippen LogP contribution is 2.17. The first kappa shape index (κ1) is 11.7. The van der Waals surface area contributed by atoms with Crippen molar-refractivity contribution in [2.45, 2.75) is 6.61 Å². The molecule has 0 atom stereocenters. The number of carbonyl (C=O) groups is 2. The second-order valence-corrected chi connectivity index (χ2v) is 3.31. The zero-order chi connectivity index (χ0) is 11.4. The molecule has 0 spiro atoms. The molecule has 1 aromatic rings. The van der Waals surface area contributed by atoms with Crippen molar-refractivity contribution in [3.05, 3.63) is 34.3 Å². The Balaban J connectivity index is 3.17. The molecule has 0 amide bonds. The van der Waals surface area contributed by atoms with Gasteiger partial charge in [-0.05, 0) is 17.7 Å². The Labute approximate surface area is 91.4 Å². The van der Waals surface area contributed by atoms with Crippen LogP contribution in [-0.2, 0) is 16.1 Å². The lowest BCUT2D eigenvalue weighted by Crippen LogP contribution is -2.15. The maximum Gasteiger partial charge on any atom is 0.377 e. The number of carbonyl (C=O) groups excluding carboxylic acids is 1. The minimum Gasteiger partial charge on any atom is -0.475 e. The third-order valence-corrected chi connectivity index (χ3v) is 2.05. The number of carboxylic acid groups (broad SMARTS) is 1. The number of hydrogen-bond donors (Lipinski definition) is 1. The van der Waals surface area contributed by atoms with Crippen molar-refractivity contribution in [2.24, 2.45) is 0 Å². The molecule has 0 saturated heterocycles. The van der Waals surface area contributed by atoms with E-state index in [0.717, 1.165) is 0 Å². The first-order chi connectivity index (χ1) is 7.06. The summed E-state index contributed by atoms with van der Waals surface area (Å²) in [5.41, 5.74) is 0.575. The lowest BCUT2D eigenvalue weighted by atomic mass is 10.0. The standard InChI is InChI=1S/C10H9ClO4/c1-15-5-6-2-3-7(11)4-8(6)9(12)10(13)14/h2-4H,5H2,1H3,(H,13,14). The van der Waals surface area contributed by atoms with E-state index >= 15 is 0 Å². The first-order valence-corrected chi connectivity index (χ1v) is 4.49. The Morgan fingerprint density at radius 2 is 2.13 bits per heavy atom. The predicted octanol–water partition coefficient (Wildman–Crippen LogP) is 1.75. The van der Waals surface area contributed by atoms with Crippen molar-refractivity contribution >= 4 is 23.4 Å². The zero-order valence-electron chi connectivity index (χ0n) is 7.99. The van der Waals surface area contributed by atoms with Gasteiger partial charge in [-0.25, -0.2) is 4.79 Å². The zero-order valence-corrected chi connectivity index (χ0v) is 8.75. The summed E-state index contributed by atoms with van der Waals surface area (Å²) < 4.78 is 4.85. The molecule has 0 radical (unpaired) electrons. The monoisotopic (exact) mass is 228 g/mol. The fourth-order valence-corrected chi connectivity index (χ4v) is 1.33. The van der Waals surface area contributed by atoms with Crippen molar-refractivity contribution in [2.75, 3.05) is 7.11 Å². The van der Waals surface area contributed by atoms with Gasteiger partial charge in [0.25, 0.3) is 5.78 Å². The summed E-state index contributed by atoms with van der Waals surface area (Å²) >= 11 is 5.68. The summed E-state index contributed by atoms with van der Waals surface area (Å²) in [5, 5.41) is 8.90. The molecule has 0 aromatic heterocycles. The van der Waals surface area contributed by atoms with Crippen LogP contribution in [0.2, 0.25) is 5.02 Å². The van der Waals surface area contributed by atoms with Crippen molar-refractivity contribution in [1.82, 2.24) is 0 Å². The first-order valence-electron chi connectivity index (χ1n) is 4.11. The Hall–Kier alpha value is -1.39. The van der Waals surface area contributed by atoms with Gasteiger partial charge < -0.3 is 9.84 Å². The fraction of sp³-hybridized carbons (Fsp3) is 0.200. The van der Waals surface area contributed by atoms with Gasteiger partial charge in [0.15, 0.2) is 0 Å². The molecule has 0 bridgehead atoms. The SMILES string of the molecule is COCc1ccc(Cl)cc1C(=O)C(=O)O. The maximum atomic E-state index is 11.3. The van der Waals surface area contributed by atoms with Crippen molar-refractivity contribution in [3.8, 4) is 0 Å². The Morgan fingerprint density at radius 3 is 2.67 bits per heavy atom. The molecular weight excluding hydrogens is 220 g/mol. The van der Waals surface area contributed by atoms with E-state index < -0.39 is 11.8 Å². The number of ketones is 1. The van der Waals surface area contributed by atoms with Gasteiger partial charge in [-0.3, -0.25) is 4.79 Å². The van der Waals surface area contributed by atoms with Crippen LogP contribution in [0.5, 0.6) is 0 Å². The molecule has 1 N–H and O–H groups in total. The number of hydrogen-bond acceptors (Lipinski definition) is 3.